The highest BCUT2D eigenvalue weighted by Crippen LogP contribution is 2.50. The van der Waals surface area contributed by atoms with Crippen molar-refractivity contribution >= 4 is 21.9 Å². The smallest absolute Gasteiger partial charge is 0.167 e. The van der Waals surface area contributed by atoms with Crippen LogP contribution < -0.4 is 0 Å². The van der Waals surface area contributed by atoms with Crippen LogP contribution in [0.25, 0.3) is 123 Å². The largest absolute Gasteiger partial charge is 0.455 e. The summed E-state index contributed by atoms with van der Waals surface area (Å²) in [5.41, 5.74) is 18.1. The fraction of sp³-hybridized carbons (Fsp3) is 0.0469. The van der Waals surface area contributed by atoms with Gasteiger partial charge in [-0.2, -0.15) is 0 Å². The van der Waals surface area contributed by atoms with E-state index >= 15 is 0 Å². The first kappa shape index (κ1) is 41.1. The number of furan rings is 1. The number of fused-ring (bicyclic) bond motifs is 6. The molecular weight excluding hydrogens is 855 g/mol. The number of benzene rings is 9. The van der Waals surface area contributed by atoms with E-state index in [0.29, 0.717) is 23.3 Å². The molecule has 0 saturated heterocycles. The molecule has 0 fully saturated rings. The van der Waals surface area contributed by atoms with Crippen LogP contribution in [-0.4, -0.2) is 24.9 Å². The Bertz CT molecular complexity index is 3970. The lowest BCUT2D eigenvalue weighted by atomic mass is 9.82. The standard InChI is InChI=1S/C64H43N5O/c1-64(2)54-33-13-12-28-49(54)50-35-34-46(38-55(50)64)57-39-56(65-60(66-57)41-20-8-4-9-21-41)45-26-14-24-43(36-45)44-25-15-27-47(37-44)62-67-61(42-22-10-5-11-23-42)68-63(69-62)53-32-17-31-52-51-30-16-29-48(58(51)70-59(52)53)40-18-6-3-7-19-40/h3-39H,1-2H3. The third-order valence-corrected chi connectivity index (χ3v) is 13.8. The van der Waals surface area contributed by atoms with Crippen LogP contribution in [0.3, 0.4) is 0 Å². The van der Waals surface area contributed by atoms with Gasteiger partial charge in [0.05, 0.1) is 17.0 Å². The van der Waals surface area contributed by atoms with Gasteiger partial charge >= 0.3 is 0 Å². The van der Waals surface area contributed by atoms with Crippen LogP contribution in [-0.2, 0) is 5.41 Å². The maximum absolute atomic E-state index is 6.83. The van der Waals surface area contributed by atoms with E-state index in [2.05, 4.69) is 178 Å². The average Bonchev–Trinajstić information content (AvgIpc) is 3.93. The van der Waals surface area contributed by atoms with Gasteiger partial charge in [0.15, 0.2) is 23.3 Å². The first-order chi connectivity index (χ1) is 34.4. The Hall–Kier alpha value is -9.13. The molecule has 3 aromatic heterocycles. The highest BCUT2D eigenvalue weighted by atomic mass is 16.3. The molecule has 12 aromatic rings. The van der Waals surface area contributed by atoms with E-state index in [4.69, 9.17) is 29.3 Å². The summed E-state index contributed by atoms with van der Waals surface area (Å²) >= 11 is 0. The Morgan fingerprint density at radius 3 is 1.40 bits per heavy atom. The van der Waals surface area contributed by atoms with Gasteiger partial charge in [-0.05, 0) is 69.3 Å². The van der Waals surface area contributed by atoms with Crippen LogP contribution >= 0.6 is 0 Å². The van der Waals surface area contributed by atoms with Gasteiger partial charge in [0, 0.05) is 49.6 Å². The van der Waals surface area contributed by atoms with E-state index in [1.165, 1.54) is 22.3 Å². The molecule has 0 bridgehead atoms. The molecule has 9 aromatic carbocycles. The topological polar surface area (TPSA) is 77.6 Å². The lowest BCUT2D eigenvalue weighted by molar-refractivity contribution is 0.660. The Kier molecular flexibility index (Phi) is 9.73. The molecule has 0 atom stereocenters. The molecule has 3 heterocycles. The van der Waals surface area contributed by atoms with Crippen LogP contribution in [0.15, 0.2) is 229 Å². The zero-order valence-electron chi connectivity index (χ0n) is 38.5. The minimum Gasteiger partial charge on any atom is -0.455 e. The number of hydrogen-bond acceptors (Lipinski definition) is 6. The van der Waals surface area contributed by atoms with Gasteiger partial charge in [-0.1, -0.05) is 208 Å². The molecule has 6 heteroatoms. The van der Waals surface area contributed by atoms with E-state index in [0.717, 1.165) is 89.0 Å². The fourth-order valence-corrected chi connectivity index (χ4v) is 10.2. The van der Waals surface area contributed by atoms with Gasteiger partial charge in [0.2, 0.25) is 0 Å². The van der Waals surface area contributed by atoms with Gasteiger partial charge in [0.1, 0.15) is 11.2 Å². The normalized spacial score (nSPS) is 12.5. The maximum Gasteiger partial charge on any atom is 0.167 e. The average molecular weight is 898 g/mol. The van der Waals surface area contributed by atoms with Crippen molar-refractivity contribution in [2.75, 3.05) is 0 Å². The minimum absolute atomic E-state index is 0.134. The first-order valence-corrected chi connectivity index (χ1v) is 23.6. The van der Waals surface area contributed by atoms with E-state index in [1.54, 1.807) is 0 Å². The predicted molar refractivity (Wildman–Crippen MR) is 284 cm³/mol. The van der Waals surface area contributed by atoms with E-state index in [1.807, 2.05) is 60.7 Å². The molecule has 0 N–H and O–H groups in total. The molecule has 0 radical (unpaired) electrons. The number of aromatic nitrogens is 5. The summed E-state index contributed by atoms with van der Waals surface area (Å²) in [6.45, 7) is 4.63. The molecule has 0 amide bonds. The van der Waals surface area contributed by atoms with Crippen molar-refractivity contribution in [2.45, 2.75) is 19.3 Å². The number of para-hydroxylation sites is 2. The third kappa shape index (κ3) is 7.08. The number of hydrogen-bond donors (Lipinski definition) is 0. The SMILES string of the molecule is CC1(C)c2ccccc2-c2ccc(-c3cc(-c4cccc(-c5cccc(-c6nc(-c7ccccc7)nc(-c7cccc8c7oc7c(-c9ccccc9)cccc78)n6)c5)c4)nc(-c4ccccc4)n3)cc21. The van der Waals surface area contributed by atoms with Crippen molar-refractivity contribution in [3.05, 3.63) is 236 Å². The quantitative estimate of drug-likeness (QED) is 0.151. The van der Waals surface area contributed by atoms with Crippen LogP contribution in [0.5, 0.6) is 0 Å². The maximum atomic E-state index is 6.83. The van der Waals surface area contributed by atoms with E-state index in [9.17, 15) is 0 Å². The summed E-state index contributed by atoms with van der Waals surface area (Å²) in [7, 11) is 0. The zero-order valence-corrected chi connectivity index (χ0v) is 38.5. The summed E-state index contributed by atoms with van der Waals surface area (Å²) in [4.78, 5) is 25.9. The third-order valence-electron chi connectivity index (χ3n) is 13.8. The summed E-state index contributed by atoms with van der Waals surface area (Å²) in [5, 5.41) is 2.04. The van der Waals surface area contributed by atoms with Crippen molar-refractivity contribution in [1.29, 1.82) is 0 Å². The van der Waals surface area contributed by atoms with E-state index < -0.39 is 0 Å². The lowest BCUT2D eigenvalue weighted by Gasteiger charge is -2.22. The van der Waals surface area contributed by atoms with Gasteiger partial charge in [-0.25, -0.2) is 24.9 Å². The highest BCUT2D eigenvalue weighted by molar-refractivity contribution is 6.12. The summed E-state index contributed by atoms with van der Waals surface area (Å²) in [5.74, 6) is 2.36. The second-order valence-electron chi connectivity index (χ2n) is 18.4. The second kappa shape index (κ2) is 16.6. The van der Waals surface area contributed by atoms with Crippen molar-refractivity contribution in [3.63, 3.8) is 0 Å². The molecule has 330 valence electrons. The summed E-state index contributed by atoms with van der Waals surface area (Å²) < 4.78 is 6.83. The predicted octanol–water partition coefficient (Wildman–Crippen LogP) is 16.2. The Morgan fingerprint density at radius 2 is 0.729 bits per heavy atom. The Morgan fingerprint density at radius 1 is 0.286 bits per heavy atom. The van der Waals surface area contributed by atoms with Crippen LogP contribution in [0, 0.1) is 0 Å². The Labute approximate surface area is 405 Å². The lowest BCUT2D eigenvalue weighted by Crippen LogP contribution is -2.14. The molecule has 0 aliphatic heterocycles. The molecule has 0 spiro atoms. The molecule has 0 saturated carbocycles. The van der Waals surface area contributed by atoms with E-state index in [-0.39, 0.29) is 5.41 Å². The molecular formula is C64H43N5O. The number of rotatable bonds is 8. The summed E-state index contributed by atoms with van der Waals surface area (Å²) in [6.07, 6.45) is 0. The van der Waals surface area contributed by atoms with Crippen LogP contribution in [0.1, 0.15) is 25.0 Å². The zero-order chi connectivity index (χ0) is 46.8. The fourth-order valence-electron chi connectivity index (χ4n) is 10.2. The molecule has 70 heavy (non-hydrogen) atoms. The van der Waals surface area contributed by atoms with Gasteiger partial charge in [-0.3, -0.25) is 0 Å². The summed E-state index contributed by atoms with van der Waals surface area (Å²) in [6, 6.07) is 77.8. The second-order valence-corrected chi connectivity index (χ2v) is 18.4. The van der Waals surface area contributed by atoms with Gasteiger partial charge in [-0.15, -0.1) is 0 Å². The van der Waals surface area contributed by atoms with Crippen LogP contribution in [0.4, 0.5) is 0 Å². The van der Waals surface area contributed by atoms with Gasteiger partial charge in [0.25, 0.3) is 0 Å². The van der Waals surface area contributed by atoms with Crippen molar-refractivity contribution < 1.29 is 4.42 Å². The molecule has 0 unspecified atom stereocenters. The van der Waals surface area contributed by atoms with Gasteiger partial charge < -0.3 is 4.42 Å². The monoisotopic (exact) mass is 897 g/mol. The Balaban J connectivity index is 0.906. The molecule has 1 aliphatic rings. The molecule has 6 nitrogen and oxygen atoms in total. The minimum atomic E-state index is -0.134. The van der Waals surface area contributed by atoms with Crippen molar-refractivity contribution in [3.8, 4) is 101 Å². The molecule has 13 rings (SSSR count). The highest BCUT2D eigenvalue weighted by Gasteiger charge is 2.35. The number of nitrogens with zero attached hydrogens (tertiary/aromatic N) is 5. The first-order valence-electron chi connectivity index (χ1n) is 23.6. The van der Waals surface area contributed by atoms with Crippen LogP contribution in [0.2, 0.25) is 0 Å². The molecule has 1 aliphatic carbocycles. The van der Waals surface area contributed by atoms with Crippen molar-refractivity contribution in [1.82, 2.24) is 24.9 Å². The van der Waals surface area contributed by atoms with Crippen molar-refractivity contribution in [2.24, 2.45) is 0 Å².